The van der Waals surface area contributed by atoms with Gasteiger partial charge in [-0.2, -0.15) is 0 Å². The van der Waals surface area contributed by atoms with Crippen LogP contribution >= 0.6 is 0 Å². The summed E-state index contributed by atoms with van der Waals surface area (Å²) in [6, 6.07) is 25.5. The highest BCUT2D eigenvalue weighted by Crippen LogP contribution is 2.40. The normalized spacial score (nSPS) is 12.6. The third-order valence-corrected chi connectivity index (χ3v) is 7.74. The van der Waals surface area contributed by atoms with Crippen LogP contribution in [0.2, 0.25) is 0 Å². The van der Waals surface area contributed by atoms with E-state index in [2.05, 4.69) is 108 Å². The van der Waals surface area contributed by atoms with Crippen LogP contribution in [0.3, 0.4) is 0 Å². The molecule has 0 aromatic heterocycles. The Balaban J connectivity index is 1.88. The summed E-state index contributed by atoms with van der Waals surface area (Å²) in [4.78, 5) is 0. The summed E-state index contributed by atoms with van der Waals surface area (Å²) < 4.78 is 6.48. The first-order valence-corrected chi connectivity index (χ1v) is 13.0. The lowest BCUT2D eigenvalue weighted by molar-refractivity contribution is 0.363. The maximum Gasteiger partial charge on any atom is 0.123 e. The Morgan fingerprint density at radius 1 is 0.742 bits per heavy atom. The van der Waals surface area contributed by atoms with E-state index in [1.807, 2.05) is 6.07 Å². The van der Waals surface area contributed by atoms with Crippen LogP contribution in [0.15, 0.2) is 72.8 Å². The Hall–Kier alpha value is -2.52. The molecule has 0 saturated heterocycles. The van der Waals surface area contributed by atoms with Crippen molar-refractivity contribution in [1.29, 1.82) is 0 Å². The molecule has 0 spiro atoms. The first-order chi connectivity index (χ1) is 14.6. The summed E-state index contributed by atoms with van der Waals surface area (Å²) in [5.41, 5.74) is 4.88. The highest BCUT2D eigenvalue weighted by Gasteiger charge is 2.26. The van der Waals surface area contributed by atoms with Gasteiger partial charge < -0.3 is 9.84 Å². The van der Waals surface area contributed by atoms with Gasteiger partial charge in [0.05, 0.1) is 15.7 Å². The van der Waals surface area contributed by atoms with Gasteiger partial charge >= 0.3 is 0 Å². The Labute approximate surface area is 190 Å². The predicted octanol–water partition coefficient (Wildman–Crippen LogP) is 6.28. The molecule has 0 fully saturated rings. The van der Waals surface area contributed by atoms with Crippen LogP contribution in [0.25, 0.3) is 0 Å². The fourth-order valence-corrected chi connectivity index (χ4v) is 5.84. The van der Waals surface area contributed by atoms with Crippen LogP contribution in [0.1, 0.15) is 69.3 Å². The Bertz CT molecular complexity index is 944. The Morgan fingerprint density at radius 2 is 1.23 bits per heavy atom. The van der Waals surface area contributed by atoms with Crippen LogP contribution < -0.4 is 4.74 Å². The van der Waals surface area contributed by atoms with E-state index in [-0.39, 0.29) is 10.8 Å². The third-order valence-electron chi connectivity index (χ3n) is 5.78. The van der Waals surface area contributed by atoms with Gasteiger partial charge in [-0.05, 0) is 34.1 Å². The van der Waals surface area contributed by atoms with Gasteiger partial charge in [-0.3, -0.25) is 0 Å². The molecule has 31 heavy (non-hydrogen) atoms. The van der Waals surface area contributed by atoms with Crippen LogP contribution in [-0.4, -0.2) is 20.9 Å². The molecule has 3 aromatic rings. The minimum atomic E-state index is -0.616. The summed E-state index contributed by atoms with van der Waals surface area (Å²) >= 11 is 0. The quantitative estimate of drug-likeness (QED) is 0.464. The van der Waals surface area contributed by atoms with Crippen molar-refractivity contribution in [2.45, 2.75) is 57.9 Å². The smallest absolute Gasteiger partial charge is 0.123 e. The number of hydrogen-bond donors (Lipinski definition) is 1. The lowest BCUT2D eigenvalue weighted by Crippen LogP contribution is -2.21. The molecule has 3 heteroatoms. The number of phenolic OH excluding ortho intramolecular Hbond substituents is 1. The predicted molar refractivity (Wildman–Crippen MR) is 134 cm³/mol. The number of rotatable bonds is 6. The van der Waals surface area contributed by atoms with Gasteiger partial charge in [0.25, 0.3) is 0 Å². The van der Waals surface area contributed by atoms with E-state index in [0.29, 0.717) is 11.3 Å². The van der Waals surface area contributed by atoms with Crippen molar-refractivity contribution in [2.75, 3.05) is 6.23 Å². The minimum absolute atomic E-state index is 0.108. The molecule has 0 amide bonds. The van der Waals surface area contributed by atoms with Crippen LogP contribution in [0, 0.1) is 0 Å². The summed E-state index contributed by atoms with van der Waals surface area (Å²) in [5.74, 6) is 1.26. The van der Waals surface area contributed by atoms with Crippen molar-refractivity contribution in [3.05, 3.63) is 95.1 Å². The lowest BCUT2D eigenvalue weighted by atomic mass is 9.81. The van der Waals surface area contributed by atoms with Crippen LogP contribution in [-0.2, 0) is 10.8 Å². The second-order valence-electron chi connectivity index (χ2n) is 10.4. The summed E-state index contributed by atoms with van der Waals surface area (Å²) in [5, 5.41) is 10.7. The number of aromatic hydroxyl groups is 1. The fourth-order valence-electron chi connectivity index (χ4n) is 4.06. The average molecular weight is 433 g/mol. The molecule has 0 atom stereocenters. The highest BCUT2D eigenvalue weighted by atomic mass is 28.2. The molecule has 3 aromatic carbocycles. The zero-order valence-electron chi connectivity index (χ0n) is 19.8. The van der Waals surface area contributed by atoms with Crippen molar-refractivity contribution in [3.63, 3.8) is 0 Å². The molecular weight excluding hydrogens is 396 g/mol. The molecule has 2 nitrogen and oxygen atoms in total. The van der Waals surface area contributed by atoms with Gasteiger partial charge in [-0.1, -0.05) is 102 Å². The van der Waals surface area contributed by atoms with Crippen molar-refractivity contribution >= 4 is 9.52 Å². The number of phenols is 1. The maximum absolute atomic E-state index is 10.7. The minimum Gasteiger partial charge on any atom is -0.508 e. The van der Waals surface area contributed by atoms with E-state index >= 15 is 0 Å². The van der Waals surface area contributed by atoms with Gasteiger partial charge in [0.1, 0.15) is 11.5 Å². The second kappa shape index (κ2) is 9.31. The zero-order chi connectivity index (χ0) is 22.6. The van der Waals surface area contributed by atoms with E-state index in [1.54, 1.807) is 0 Å². The largest absolute Gasteiger partial charge is 0.508 e. The molecule has 0 saturated carbocycles. The number of hydrogen-bond acceptors (Lipinski definition) is 2. The Morgan fingerprint density at radius 3 is 1.68 bits per heavy atom. The van der Waals surface area contributed by atoms with Gasteiger partial charge in [0, 0.05) is 16.7 Å². The number of benzene rings is 3. The van der Waals surface area contributed by atoms with E-state index in [9.17, 15) is 5.11 Å². The molecule has 0 aliphatic heterocycles. The number of ether oxygens (including phenoxy) is 1. The van der Waals surface area contributed by atoms with Gasteiger partial charge in [0.15, 0.2) is 0 Å². The van der Waals surface area contributed by atoms with Crippen molar-refractivity contribution in [2.24, 2.45) is 0 Å². The standard InChI is InChI=1S/C28H36O2Si/c1-27(2,3)22-18-25(23(17-24(22)29)28(4,5)6)30-19-31-26(20-13-9-7-10-14-20)21-15-11-8-12-16-21/h7-18,26,29H,19,31H2,1-6H3. The summed E-state index contributed by atoms with van der Waals surface area (Å²) in [7, 11) is -0.616. The molecule has 164 valence electrons. The van der Waals surface area contributed by atoms with Gasteiger partial charge in [0.2, 0.25) is 0 Å². The fraction of sp³-hybridized carbons (Fsp3) is 0.357. The topological polar surface area (TPSA) is 29.5 Å². The summed E-state index contributed by atoms with van der Waals surface area (Å²) in [6.07, 6.45) is 0.742. The van der Waals surface area contributed by atoms with Gasteiger partial charge in [-0.25, -0.2) is 0 Å². The van der Waals surface area contributed by atoms with Crippen molar-refractivity contribution < 1.29 is 9.84 Å². The van der Waals surface area contributed by atoms with E-state index in [0.717, 1.165) is 23.1 Å². The molecular formula is C28H36O2Si. The first-order valence-electron chi connectivity index (χ1n) is 11.2. The van der Waals surface area contributed by atoms with E-state index in [4.69, 9.17) is 4.74 Å². The SMILES string of the molecule is CC(C)(C)c1cc(OC[SiH2]C(c2ccccc2)c2ccccc2)c(C(C)(C)C)cc1O. The second-order valence-corrected chi connectivity index (χ2v) is 12.2. The Kier molecular flexibility index (Phi) is 6.95. The molecule has 0 unspecified atom stereocenters. The van der Waals surface area contributed by atoms with E-state index in [1.165, 1.54) is 11.1 Å². The third kappa shape index (κ3) is 5.79. The maximum atomic E-state index is 10.7. The monoisotopic (exact) mass is 432 g/mol. The van der Waals surface area contributed by atoms with Crippen LogP contribution in [0.5, 0.6) is 11.5 Å². The zero-order valence-corrected chi connectivity index (χ0v) is 21.2. The molecule has 1 N–H and O–H groups in total. The molecule has 3 rings (SSSR count). The molecule has 0 aliphatic carbocycles. The van der Waals surface area contributed by atoms with Gasteiger partial charge in [-0.15, -0.1) is 0 Å². The average Bonchev–Trinajstić information content (AvgIpc) is 2.71. The molecule has 0 bridgehead atoms. The lowest BCUT2D eigenvalue weighted by Gasteiger charge is -2.28. The van der Waals surface area contributed by atoms with Crippen LogP contribution in [0.4, 0.5) is 0 Å². The first kappa shape index (κ1) is 23.1. The highest BCUT2D eigenvalue weighted by molar-refractivity contribution is 6.39. The van der Waals surface area contributed by atoms with Crippen molar-refractivity contribution in [3.8, 4) is 11.5 Å². The molecule has 0 heterocycles. The van der Waals surface area contributed by atoms with E-state index < -0.39 is 9.52 Å². The summed E-state index contributed by atoms with van der Waals surface area (Å²) in [6.45, 7) is 12.9. The molecule has 0 radical (unpaired) electrons. The van der Waals surface area contributed by atoms with Crippen molar-refractivity contribution in [1.82, 2.24) is 0 Å². The molecule has 0 aliphatic rings.